The molecule has 0 aliphatic carbocycles. The molecular formula is H10Al2CaO4SV. The van der Waals surface area contributed by atoms with Gasteiger partial charge in [-0.15, -0.1) is 0 Å². The van der Waals surface area contributed by atoms with Gasteiger partial charge in [0.25, 0.3) is 0 Å². The van der Waals surface area contributed by atoms with Crippen molar-refractivity contribution in [2.45, 2.75) is 0 Å². The molecule has 2 N–H and O–H groups in total. The van der Waals surface area contributed by atoms with E-state index in [2.05, 4.69) is 0 Å². The zero-order chi connectivity index (χ0) is 4.50. The minimum absolute atomic E-state index is 0. The van der Waals surface area contributed by atoms with E-state index in [0.29, 0.717) is 0 Å². The normalized spacial score (nSPS) is 6.44. The second kappa shape index (κ2) is 13.4. The Morgan fingerprint density at radius 1 is 1.00 bits per heavy atom. The minimum Gasteiger partial charge on any atom is 0 e. The van der Waals surface area contributed by atoms with Gasteiger partial charge in [0.1, 0.15) is 0 Å². The van der Waals surface area contributed by atoms with Crippen molar-refractivity contribution in [1.82, 2.24) is 0 Å². The summed E-state index contributed by atoms with van der Waals surface area (Å²) in [5, 5.41) is 0. The average Bonchev–Trinajstić information content (AvgIpc) is 0.722. The molecule has 0 aromatic rings. The first kappa shape index (κ1) is 29.8. The van der Waals surface area contributed by atoms with Gasteiger partial charge in [0.2, 0.25) is 0 Å². The van der Waals surface area contributed by atoms with Crippen LogP contribution >= 0.6 is 0 Å². The Morgan fingerprint density at radius 2 is 1.00 bits per heavy atom. The molecule has 9 heteroatoms. The molecule has 9 heavy (non-hydrogen) atoms. The van der Waals surface area contributed by atoms with Gasteiger partial charge in [-0.2, -0.15) is 8.42 Å². The average molecular weight is 251 g/mol. The molecule has 1 radical (unpaired) electrons. The summed E-state index contributed by atoms with van der Waals surface area (Å²) in [6.07, 6.45) is 0. The van der Waals surface area contributed by atoms with Gasteiger partial charge in [0, 0.05) is 18.6 Å². The Bertz CT molecular complexity index is 102. The monoisotopic (exact) mass is 251 g/mol. The topological polar surface area (TPSA) is 74.6 Å². The first-order chi connectivity index (χ1) is 2.00. The smallest absolute Gasteiger partial charge is 0 e. The fourth-order valence-electron chi connectivity index (χ4n) is 0. The summed E-state index contributed by atoms with van der Waals surface area (Å²) in [6.45, 7) is 0. The van der Waals surface area contributed by atoms with E-state index in [4.69, 9.17) is 17.5 Å². The van der Waals surface area contributed by atoms with Crippen LogP contribution in [0.15, 0.2) is 0 Å². The first-order valence-corrected chi connectivity index (χ1v) is 2.10. The second-order valence-corrected chi connectivity index (χ2v) is 1.34. The maximum Gasteiger partial charge on any atom is 0 e. The molecule has 0 aromatic heterocycles. The van der Waals surface area contributed by atoms with E-state index < -0.39 is 10.4 Å². The number of rotatable bonds is 0. The van der Waals surface area contributed by atoms with Crippen LogP contribution in [0.4, 0.5) is 0 Å². The molecule has 0 saturated carbocycles. The van der Waals surface area contributed by atoms with Crippen LogP contribution in [0.25, 0.3) is 0 Å². The van der Waals surface area contributed by atoms with Gasteiger partial charge in [0.15, 0.2) is 34.7 Å². The number of hydrogen-bond donors (Lipinski definition) is 2. The summed E-state index contributed by atoms with van der Waals surface area (Å²) in [5.41, 5.74) is 0. The Balaban J connectivity index is -0.0000000133. The van der Waals surface area contributed by atoms with Crippen LogP contribution in [-0.2, 0) is 29.0 Å². The standard InChI is InChI=1S/2Al.Ca.H2O4S.V.8H/c;;;1-5(2,3)4;;;;;;;;;/h;;;(H2,1,2,3,4);;;;;;;;;. The van der Waals surface area contributed by atoms with Crippen LogP contribution in [0.5, 0.6) is 0 Å². The summed E-state index contributed by atoms with van der Waals surface area (Å²) in [5.74, 6) is 0. The van der Waals surface area contributed by atoms with Gasteiger partial charge in [0.05, 0.1) is 0 Å². The molecule has 0 aromatic carbocycles. The summed E-state index contributed by atoms with van der Waals surface area (Å²) < 4.78 is 31.6. The predicted octanol–water partition coefficient (Wildman–Crippen LogP) is -3.94. The van der Waals surface area contributed by atoms with Gasteiger partial charge < -0.3 is 0 Å². The molecule has 0 saturated heterocycles. The summed E-state index contributed by atoms with van der Waals surface area (Å²) in [6, 6.07) is 0. The summed E-state index contributed by atoms with van der Waals surface area (Å²) in [4.78, 5) is 0. The van der Waals surface area contributed by atoms with E-state index >= 15 is 0 Å². The fraction of sp³-hybridized carbons (Fsp3) is 0. The third-order valence-corrected chi connectivity index (χ3v) is 0. The van der Waals surface area contributed by atoms with Crippen molar-refractivity contribution < 1.29 is 36.1 Å². The van der Waals surface area contributed by atoms with Crippen molar-refractivity contribution in [1.29, 1.82) is 0 Å². The zero-order valence-electron chi connectivity index (χ0n) is 2.57. The second-order valence-electron chi connectivity index (χ2n) is 0.448. The Kier molecular flexibility index (Phi) is 44.3. The maximum atomic E-state index is 8.74. The Morgan fingerprint density at radius 3 is 1.00 bits per heavy atom. The fourth-order valence-corrected chi connectivity index (χ4v) is 0. The van der Waals surface area contributed by atoms with Crippen LogP contribution in [-0.4, -0.2) is 90.0 Å². The molecule has 0 amide bonds. The SMILES string of the molecule is O=S(=O)(O)O.[AlH3].[AlH3].[CaH2].[V]. The first-order valence-electron chi connectivity index (χ1n) is 0.698. The Hall–Kier alpha value is 2.78. The van der Waals surface area contributed by atoms with Crippen LogP contribution in [0.2, 0.25) is 0 Å². The molecule has 0 fully saturated rings. The molecule has 0 heterocycles. The van der Waals surface area contributed by atoms with Gasteiger partial charge in [-0.05, 0) is 0 Å². The third-order valence-electron chi connectivity index (χ3n) is 0. The number of hydrogen-bond acceptors (Lipinski definition) is 2. The summed E-state index contributed by atoms with van der Waals surface area (Å²) >= 11 is 0. The zero-order valence-corrected chi connectivity index (χ0v) is 4.78. The van der Waals surface area contributed by atoms with Crippen molar-refractivity contribution in [3.05, 3.63) is 0 Å². The van der Waals surface area contributed by atoms with E-state index in [9.17, 15) is 0 Å². The molecule has 0 unspecified atom stereocenters. The Labute approximate surface area is 117 Å². The van der Waals surface area contributed by atoms with Gasteiger partial charge in [-0.25, -0.2) is 0 Å². The van der Waals surface area contributed by atoms with Gasteiger partial charge in [-0.1, -0.05) is 0 Å². The molecule has 53 valence electrons. The largest absolute Gasteiger partial charge is 0 e. The van der Waals surface area contributed by atoms with E-state index in [1.807, 2.05) is 0 Å². The van der Waals surface area contributed by atoms with Crippen LogP contribution in [0, 0.1) is 0 Å². The van der Waals surface area contributed by atoms with Gasteiger partial charge in [-0.3, -0.25) is 9.11 Å². The maximum absolute atomic E-state index is 8.74. The van der Waals surface area contributed by atoms with E-state index in [1.165, 1.54) is 0 Å². The van der Waals surface area contributed by atoms with Gasteiger partial charge >= 0.3 is 48.1 Å². The predicted molar refractivity (Wildman–Crippen MR) is 42.6 cm³/mol. The molecular weight excluding hydrogens is 241 g/mol. The molecule has 0 spiro atoms. The van der Waals surface area contributed by atoms with Crippen LogP contribution in [0.1, 0.15) is 0 Å². The van der Waals surface area contributed by atoms with Crippen molar-refractivity contribution in [2.75, 3.05) is 0 Å². The van der Waals surface area contributed by atoms with Crippen molar-refractivity contribution in [2.24, 2.45) is 0 Å². The van der Waals surface area contributed by atoms with E-state index in [1.54, 1.807) is 0 Å². The molecule has 0 aliphatic heterocycles. The van der Waals surface area contributed by atoms with Crippen molar-refractivity contribution in [3.8, 4) is 0 Å². The molecule has 0 bridgehead atoms. The molecule has 0 rings (SSSR count). The van der Waals surface area contributed by atoms with Crippen LogP contribution < -0.4 is 0 Å². The summed E-state index contributed by atoms with van der Waals surface area (Å²) in [7, 11) is -4.67. The van der Waals surface area contributed by atoms with Crippen LogP contribution in [0.3, 0.4) is 0 Å². The molecule has 0 atom stereocenters. The van der Waals surface area contributed by atoms with Crippen molar-refractivity contribution in [3.63, 3.8) is 0 Å². The molecule has 0 aliphatic rings. The van der Waals surface area contributed by atoms with Crippen molar-refractivity contribution >= 4 is 82.9 Å². The van der Waals surface area contributed by atoms with E-state index in [-0.39, 0.29) is 91.0 Å². The minimum atomic E-state index is -4.67. The third kappa shape index (κ3) is 108. The molecule has 4 nitrogen and oxygen atoms in total. The van der Waals surface area contributed by atoms with E-state index in [0.717, 1.165) is 0 Å². The quantitative estimate of drug-likeness (QED) is 0.340.